The van der Waals surface area contributed by atoms with Gasteiger partial charge in [0, 0.05) is 44.2 Å². The fourth-order valence-electron chi connectivity index (χ4n) is 3.31. The highest BCUT2D eigenvalue weighted by molar-refractivity contribution is 7.10. The topological polar surface area (TPSA) is 75.2 Å². The summed E-state index contributed by atoms with van der Waals surface area (Å²) in [4.78, 5) is 20.1. The monoisotopic (exact) mass is 430 g/mol. The van der Waals surface area contributed by atoms with Crippen molar-refractivity contribution in [3.8, 4) is 5.75 Å². The van der Waals surface area contributed by atoms with Gasteiger partial charge < -0.3 is 25.0 Å². The molecule has 1 aromatic heterocycles. The van der Waals surface area contributed by atoms with Gasteiger partial charge in [0.2, 0.25) is 5.91 Å². The number of benzene rings is 1. The SMILES string of the molecule is CN=C(NCC(=O)N1CCc2sccc2C1)NCc1ccc(C)cc1OCCOC. The van der Waals surface area contributed by atoms with Crippen LogP contribution in [0.15, 0.2) is 34.6 Å². The molecule has 7 nitrogen and oxygen atoms in total. The van der Waals surface area contributed by atoms with Crippen LogP contribution >= 0.6 is 11.3 Å². The number of fused-ring (bicyclic) bond motifs is 1. The maximum absolute atomic E-state index is 12.6. The lowest BCUT2D eigenvalue weighted by molar-refractivity contribution is -0.130. The second-order valence-corrected chi connectivity index (χ2v) is 8.17. The summed E-state index contributed by atoms with van der Waals surface area (Å²) < 4.78 is 10.9. The largest absolute Gasteiger partial charge is 0.491 e. The number of aryl methyl sites for hydroxylation is 1. The summed E-state index contributed by atoms with van der Waals surface area (Å²) in [6.07, 6.45) is 0.936. The van der Waals surface area contributed by atoms with E-state index in [-0.39, 0.29) is 12.5 Å². The van der Waals surface area contributed by atoms with Gasteiger partial charge in [-0.15, -0.1) is 11.3 Å². The molecule has 1 aliphatic rings. The van der Waals surface area contributed by atoms with E-state index in [1.807, 2.05) is 24.0 Å². The van der Waals surface area contributed by atoms with Crippen LogP contribution in [0, 0.1) is 6.92 Å². The molecule has 0 saturated heterocycles. The normalized spacial score (nSPS) is 13.7. The minimum absolute atomic E-state index is 0.0775. The van der Waals surface area contributed by atoms with Crippen LogP contribution in [0.2, 0.25) is 0 Å². The van der Waals surface area contributed by atoms with Gasteiger partial charge >= 0.3 is 0 Å². The van der Waals surface area contributed by atoms with Gasteiger partial charge in [0.1, 0.15) is 12.4 Å². The molecule has 1 amide bonds. The van der Waals surface area contributed by atoms with Crippen molar-refractivity contribution >= 4 is 23.2 Å². The predicted molar refractivity (Wildman–Crippen MR) is 120 cm³/mol. The van der Waals surface area contributed by atoms with Gasteiger partial charge in [0.25, 0.3) is 0 Å². The fourth-order valence-corrected chi connectivity index (χ4v) is 4.20. The van der Waals surface area contributed by atoms with E-state index in [0.29, 0.717) is 32.3 Å². The van der Waals surface area contributed by atoms with Gasteiger partial charge in [0.05, 0.1) is 13.2 Å². The third-order valence-electron chi connectivity index (χ3n) is 5.01. The summed E-state index contributed by atoms with van der Waals surface area (Å²) in [5.41, 5.74) is 3.42. The van der Waals surface area contributed by atoms with Crippen LogP contribution in [0.4, 0.5) is 0 Å². The Hall–Kier alpha value is -2.58. The Morgan fingerprint density at radius 1 is 1.27 bits per heavy atom. The van der Waals surface area contributed by atoms with Crippen molar-refractivity contribution in [1.29, 1.82) is 0 Å². The van der Waals surface area contributed by atoms with E-state index in [1.54, 1.807) is 25.5 Å². The molecule has 1 aromatic carbocycles. The summed E-state index contributed by atoms with van der Waals surface area (Å²) in [7, 11) is 3.35. The molecule has 2 heterocycles. The molecule has 0 bridgehead atoms. The number of amides is 1. The minimum Gasteiger partial charge on any atom is -0.491 e. The number of thiophene rings is 1. The lowest BCUT2D eigenvalue weighted by Gasteiger charge is -2.27. The molecule has 0 spiro atoms. The standard InChI is InChI=1S/C22H30N4O3S/c1-16-4-5-17(19(12-16)29-10-9-28-3)13-24-22(23-2)25-14-21(27)26-8-6-20-18(15-26)7-11-30-20/h4-5,7,11-12H,6,8-10,13-15H2,1-3H3,(H2,23,24,25). The van der Waals surface area contributed by atoms with Gasteiger partial charge in [-0.1, -0.05) is 12.1 Å². The van der Waals surface area contributed by atoms with E-state index < -0.39 is 0 Å². The zero-order valence-corrected chi connectivity index (χ0v) is 18.7. The summed E-state index contributed by atoms with van der Waals surface area (Å²) in [6, 6.07) is 8.21. The van der Waals surface area contributed by atoms with Gasteiger partial charge in [-0.05, 0) is 42.0 Å². The number of rotatable bonds is 8. The number of nitrogens with one attached hydrogen (secondary N) is 2. The van der Waals surface area contributed by atoms with E-state index in [0.717, 1.165) is 29.8 Å². The number of nitrogens with zero attached hydrogens (tertiary/aromatic N) is 2. The average molecular weight is 431 g/mol. The number of ether oxygens (including phenoxy) is 2. The van der Waals surface area contributed by atoms with Gasteiger partial charge in [-0.3, -0.25) is 9.79 Å². The van der Waals surface area contributed by atoms with Crippen molar-refractivity contribution in [3.05, 3.63) is 51.2 Å². The van der Waals surface area contributed by atoms with Gasteiger partial charge in [0.15, 0.2) is 5.96 Å². The van der Waals surface area contributed by atoms with Crippen LogP contribution < -0.4 is 15.4 Å². The third-order valence-corrected chi connectivity index (χ3v) is 6.03. The van der Waals surface area contributed by atoms with Crippen LogP contribution in [0.5, 0.6) is 5.75 Å². The van der Waals surface area contributed by atoms with Crippen LogP contribution in [-0.4, -0.2) is 57.2 Å². The first-order chi connectivity index (χ1) is 14.6. The van der Waals surface area contributed by atoms with Crippen molar-refractivity contribution in [3.63, 3.8) is 0 Å². The number of aliphatic imine (C=N–C) groups is 1. The first-order valence-corrected chi connectivity index (χ1v) is 11.0. The minimum atomic E-state index is 0.0775. The zero-order chi connectivity index (χ0) is 21.3. The Morgan fingerprint density at radius 2 is 2.13 bits per heavy atom. The summed E-state index contributed by atoms with van der Waals surface area (Å²) in [6.45, 7) is 5.28. The molecule has 0 fully saturated rings. The molecule has 2 aromatic rings. The van der Waals surface area contributed by atoms with E-state index in [1.165, 1.54) is 10.4 Å². The van der Waals surface area contributed by atoms with Crippen molar-refractivity contribution < 1.29 is 14.3 Å². The number of carbonyl (C=O) groups is 1. The first kappa shape index (κ1) is 22.1. The second kappa shape index (κ2) is 11.0. The first-order valence-electron chi connectivity index (χ1n) is 10.1. The Morgan fingerprint density at radius 3 is 2.93 bits per heavy atom. The molecule has 2 N–H and O–H groups in total. The Labute approximate surface area is 182 Å². The highest BCUT2D eigenvalue weighted by Gasteiger charge is 2.21. The highest BCUT2D eigenvalue weighted by atomic mass is 32.1. The molecule has 0 aliphatic carbocycles. The number of hydrogen-bond acceptors (Lipinski definition) is 5. The predicted octanol–water partition coefficient (Wildman–Crippen LogP) is 2.33. The zero-order valence-electron chi connectivity index (χ0n) is 17.9. The lowest BCUT2D eigenvalue weighted by Crippen LogP contribution is -2.45. The quantitative estimate of drug-likeness (QED) is 0.382. The summed E-state index contributed by atoms with van der Waals surface area (Å²) in [5.74, 6) is 1.49. The maximum atomic E-state index is 12.6. The smallest absolute Gasteiger partial charge is 0.242 e. The van der Waals surface area contributed by atoms with Crippen molar-refractivity contribution in [2.24, 2.45) is 4.99 Å². The van der Waals surface area contributed by atoms with E-state index in [2.05, 4.69) is 33.1 Å². The molecule has 30 heavy (non-hydrogen) atoms. The molecule has 0 radical (unpaired) electrons. The molecule has 162 valence electrons. The van der Waals surface area contributed by atoms with Crippen molar-refractivity contribution in [2.75, 3.05) is 40.5 Å². The van der Waals surface area contributed by atoms with Crippen molar-refractivity contribution in [1.82, 2.24) is 15.5 Å². The molecular weight excluding hydrogens is 400 g/mol. The van der Waals surface area contributed by atoms with E-state index >= 15 is 0 Å². The van der Waals surface area contributed by atoms with Gasteiger partial charge in [-0.25, -0.2) is 0 Å². The molecule has 1 aliphatic heterocycles. The number of hydrogen-bond donors (Lipinski definition) is 2. The lowest BCUT2D eigenvalue weighted by atomic mass is 10.1. The maximum Gasteiger partial charge on any atom is 0.242 e. The van der Waals surface area contributed by atoms with Crippen LogP contribution in [0.1, 0.15) is 21.6 Å². The molecular formula is C22H30N4O3S. The Kier molecular flexibility index (Phi) is 8.10. The summed E-state index contributed by atoms with van der Waals surface area (Å²) in [5, 5.41) is 8.49. The average Bonchev–Trinajstić information content (AvgIpc) is 3.23. The fraction of sp³-hybridized carbons (Fsp3) is 0.455. The van der Waals surface area contributed by atoms with Crippen LogP contribution in [0.25, 0.3) is 0 Å². The Balaban J connectivity index is 1.50. The second-order valence-electron chi connectivity index (χ2n) is 7.17. The third kappa shape index (κ3) is 5.96. The van der Waals surface area contributed by atoms with E-state index in [9.17, 15) is 4.79 Å². The van der Waals surface area contributed by atoms with Crippen LogP contribution in [0.3, 0.4) is 0 Å². The molecule has 8 heteroatoms. The van der Waals surface area contributed by atoms with Gasteiger partial charge in [-0.2, -0.15) is 0 Å². The Bertz CT molecular complexity index is 881. The van der Waals surface area contributed by atoms with Crippen molar-refractivity contribution in [2.45, 2.75) is 26.4 Å². The molecule has 0 unspecified atom stereocenters. The molecule has 0 saturated carbocycles. The number of guanidine groups is 1. The highest BCUT2D eigenvalue weighted by Crippen LogP contribution is 2.24. The summed E-state index contributed by atoms with van der Waals surface area (Å²) >= 11 is 1.77. The molecule has 3 rings (SSSR count). The van der Waals surface area contributed by atoms with E-state index in [4.69, 9.17) is 9.47 Å². The number of methoxy groups -OCH3 is 1. The number of carbonyl (C=O) groups excluding carboxylic acids is 1. The molecule has 0 atom stereocenters. The van der Waals surface area contributed by atoms with Crippen LogP contribution in [-0.2, 0) is 29.0 Å².